The van der Waals surface area contributed by atoms with E-state index in [9.17, 15) is 14.7 Å². The summed E-state index contributed by atoms with van der Waals surface area (Å²) in [5, 5.41) is 9.34. The van der Waals surface area contributed by atoms with Gasteiger partial charge in [-0.25, -0.2) is 9.78 Å². The molecular weight excluding hydrogens is 262 g/mol. The van der Waals surface area contributed by atoms with E-state index in [0.717, 1.165) is 12.8 Å². The highest BCUT2D eigenvalue weighted by Gasteiger charge is 2.32. The molecule has 2 fully saturated rings. The highest BCUT2D eigenvalue weighted by molar-refractivity contribution is 5.93. The number of carbonyl (C=O) groups is 1. The molecule has 108 valence electrons. The van der Waals surface area contributed by atoms with Crippen LogP contribution in [0.15, 0.2) is 4.79 Å². The van der Waals surface area contributed by atoms with Gasteiger partial charge in [-0.05, 0) is 12.8 Å². The van der Waals surface area contributed by atoms with Crippen LogP contribution >= 0.6 is 0 Å². The molecule has 2 aliphatic rings. The molecule has 2 heterocycles. The van der Waals surface area contributed by atoms with E-state index in [1.165, 1.54) is 4.57 Å². The van der Waals surface area contributed by atoms with Crippen LogP contribution in [0.25, 0.3) is 0 Å². The van der Waals surface area contributed by atoms with Crippen LogP contribution in [0.5, 0.6) is 0 Å². The fraction of sp³-hybridized carbons (Fsp3) is 0.615. The van der Waals surface area contributed by atoms with E-state index < -0.39 is 11.5 Å². The van der Waals surface area contributed by atoms with Crippen molar-refractivity contribution in [2.45, 2.75) is 18.8 Å². The first kappa shape index (κ1) is 13.1. The number of hydrogen-bond donors (Lipinski definition) is 1. The molecule has 0 bridgehead atoms. The zero-order valence-corrected chi connectivity index (χ0v) is 11.3. The molecule has 1 aliphatic carbocycles. The lowest BCUT2D eigenvalue weighted by Crippen LogP contribution is -2.41. The summed E-state index contributed by atoms with van der Waals surface area (Å²) in [4.78, 5) is 30.1. The van der Waals surface area contributed by atoms with Crippen LogP contribution in [0.3, 0.4) is 0 Å². The molecule has 0 amide bonds. The molecule has 1 N–H and O–H groups in total. The van der Waals surface area contributed by atoms with Crippen molar-refractivity contribution >= 4 is 11.8 Å². The van der Waals surface area contributed by atoms with Crippen molar-refractivity contribution in [3.8, 4) is 0 Å². The van der Waals surface area contributed by atoms with E-state index in [2.05, 4.69) is 4.98 Å². The van der Waals surface area contributed by atoms with Crippen molar-refractivity contribution in [2.24, 2.45) is 7.05 Å². The number of morpholine rings is 1. The van der Waals surface area contributed by atoms with Gasteiger partial charge < -0.3 is 14.7 Å². The molecule has 1 aromatic heterocycles. The summed E-state index contributed by atoms with van der Waals surface area (Å²) in [5.74, 6) is 0.0598. The first-order valence-corrected chi connectivity index (χ1v) is 6.76. The molecule has 0 aromatic carbocycles. The molecule has 0 atom stereocenters. The van der Waals surface area contributed by atoms with Crippen LogP contribution < -0.4 is 10.5 Å². The van der Waals surface area contributed by atoms with E-state index in [0.29, 0.717) is 37.9 Å². The molecule has 20 heavy (non-hydrogen) atoms. The molecule has 1 aromatic rings. The van der Waals surface area contributed by atoms with E-state index in [1.54, 1.807) is 7.05 Å². The van der Waals surface area contributed by atoms with Crippen LogP contribution in [-0.2, 0) is 11.8 Å². The number of aromatic nitrogens is 2. The number of rotatable bonds is 3. The Morgan fingerprint density at radius 3 is 2.55 bits per heavy atom. The Labute approximate surface area is 115 Å². The van der Waals surface area contributed by atoms with E-state index in [1.807, 2.05) is 4.90 Å². The second-order valence-electron chi connectivity index (χ2n) is 5.21. The lowest BCUT2D eigenvalue weighted by molar-refractivity contribution is 0.0693. The summed E-state index contributed by atoms with van der Waals surface area (Å²) in [6, 6.07) is 0. The third-order valence-electron chi connectivity index (χ3n) is 3.77. The standard InChI is InChI=1S/C13H17N3O4/c1-15-10(8-2-3-8)14-11(9(12(15)17)13(18)19)16-4-6-20-7-5-16/h8H,2-7H2,1H3,(H,18,19). The molecule has 7 nitrogen and oxygen atoms in total. The minimum Gasteiger partial charge on any atom is -0.477 e. The van der Waals surface area contributed by atoms with Crippen molar-refractivity contribution in [3.05, 3.63) is 21.7 Å². The van der Waals surface area contributed by atoms with Crippen molar-refractivity contribution in [1.29, 1.82) is 0 Å². The largest absolute Gasteiger partial charge is 0.477 e. The molecule has 1 aliphatic heterocycles. The number of hydrogen-bond acceptors (Lipinski definition) is 5. The maximum atomic E-state index is 12.3. The lowest BCUT2D eigenvalue weighted by Gasteiger charge is -2.29. The van der Waals surface area contributed by atoms with Gasteiger partial charge in [-0.2, -0.15) is 0 Å². The van der Waals surface area contributed by atoms with Gasteiger partial charge in [-0.1, -0.05) is 0 Å². The van der Waals surface area contributed by atoms with Crippen LogP contribution in [0.4, 0.5) is 5.82 Å². The van der Waals surface area contributed by atoms with Crippen molar-refractivity contribution < 1.29 is 14.6 Å². The van der Waals surface area contributed by atoms with Crippen LogP contribution in [0.1, 0.15) is 34.9 Å². The predicted molar refractivity (Wildman–Crippen MR) is 71.4 cm³/mol. The summed E-state index contributed by atoms with van der Waals surface area (Å²) < 4.78 is 6.65. The molecular formula is C13H17N3O4. The maximum absolute atomic E-state index is 12.3. The lowest BCUT2D eigenvalue weighted by atomic mass is 10.2. The summed E-state index contributed by atoms with van der Waals surface area (Å²) in [5.41, 5.74) is -0.713. The first-order chi connectivity index (χ1) is 9.59. The smallest absolute Gasteiger partial charge is 0.345 e. The monoisotopic (exact) mass is 279 g/mol. The summed E-state index contributed by atoms with van der Waals surface area (Å²) in [6.45, 7) is 2.17. The topological polar surface area (TPSA) is 84.7 Å². The van der Waals surface area contributed by atoms with Gasteiger partial charge in [-0.3, -0.25) is 9.36 Å². The van der Waals surface area contributed by atoms with E-state index in [-0.39, 0.29) is 11.5 Å². The average Bonchev–Trinajstić information content (AvgIpc) is 3.26. The molecule has 1 saturated carbocycles. The normalized spacial score (nSPS) is 19.1. The highest BCUT2D eigenvalue weighted by atomic mass is 16.5. The van der Waals surface area contributed by atoms with Gasteiger partial charge in [-0.15, -0.1) is 0 Å². The zero-order valence-electron chi connectivity index (χ0n) is 11.3. The van der Waals surface area contributed by atoms with Gasteiger partial charge in [0.1, 0.15) is 5.82 Å². The predicted octanol–water partition coefficient (Wildman–Crippen LogP) is 0.192. The number of aromatic carboxylic acids is 1. The Balaban J connectivity index is 2.14. The molecule has 1 saturated heterocycles. The molecule has 0 radical (unpaired) electrons. The second-order valence-corrected chi connectivity index (χ2v) is 5.21. The second kappa shape index (κ2) is 4.90. The minimum atomic E-state index is -1.22. The maximum Gasteiger partial charge on any atom is 0.345 e. The number of ether oxygens (including phenoxy) is 1. The highest BCUT2D eigenvalue weighted by Crippen LogP contribution is 2.39. The number of anilines is 1. The number of nitrogens with zero attached hydrogens (tertiary/aromatic N) is 3. The van der Waals surface area contributed by atoms with Gasteiger partial charge in [0.05, 0.1) is 13.2 Å². The molecule has 7 heteroatoms. The summed E-state index contributed by atoms with van der Waals surface area (Å²) >= 11 is 0. The van der Waals surface area contributed by atoms with Crippen molar-refractivity contribution in [1.82, 2.24) is 9.55 Å². The van der Waals surface area contributed by atoms with Gasteiger partial charge in [0.25, 0.3) is 5.56 Å². The Morgan fingerprint density at radius 2 is 2.00 bits per heavy atom. The molecule has 0 spiro atoms. The zero-order chi connectivity index (χ0) is 14.3. The minimum absolute atomic E-state index is 0.237. The summed E-state index contributed by atoms with van der Waals surface area (Å²) in [6.07, 6.45) is 2.02. The fourth-order valence-electron chi connectivity index (χ4n) is 2.50. The third kappa shape index (κ3) is 2.18. The number of carboxylic acid groups (broad SMARTS) is 1. The van der Waals surface area contributed by atoms with E-state index >= 15 is 0 Å². The van der Waals surface area contributed by atoms with Crippen molar-refractivity contribution in [3.63, 3.8) is 0 Å². The average molecular weight is 279 g/mol. The Bertz CT molecular complexity index is 600. The summed E-state index contributed by atoms with van der Waals surface area (Å²) in [7, 11) is 1.60. The van der Waals surface area contributed by atoms with Gasteiger partial charge in [0.2, 0.25) is 0 Å². The van der Waals surface area contributed by atoms with Crippen molar-refractivity contribution in [2.75, 3.05) is 31.2 Å². The fourth-order valence-corrected chi connectivity index (χ4v) is 2.50. The van der Waals surface area contributed by atoms with Crippen LogP contribution in [0.2, 0.25) is 0 Å². The SMILES string of the molecule is Cn1c(C2CC2)nc(N2CCOCC2)c(C(=O)O)c1=O. The quantitative estimate of drug-likeness (QED) is 0.850. The van der Waals surface area contributed by atoms with Crippen LogP contribution in [-0.4, -0.2) is 46.9 Å². The third-order valence-corrected chi connectivity index (χ3v) is 3.77. The number of carboxylic acids is 1. The molecule has 0 unspecified atom stereocenters. The Morgan fingerprint density at radius 1 is 1.35 bits per heavy atom. The van der Waals surface area contributed by atoms with Gasteiger partial charge >= 0.3 is 5.97 Å². The van der Waals surface area contributed by atoms with Crippen LogP contribution in [0, 0.1) is 0 Å². The van der Waals surface area contributed by atoms with Gasteiger partial charge in [0, 0.05) is 26.1 Å². The molecule has 3 rings (SSSR count). The van der Waals surface area contributed by atoms with Gasteiger partial charge in [0.15, 0.2) is 11.4 Å². The first-order valence-electron chi connectivity index (χ1n) is 6.76. The van der Waals surface area contributed by atoms with E-state index in [4.69, 9.17) is 4.74 Å². The Kier molecular flexibility index (Phi) is 3.21. The Hall–Kier alpha value is -1.89.